The Morgan fingerprint density at radius 1 is 0.391 bits per heavy atom. The largest absolute Gasteiger partial charge is 0.375 e. The van der Waals surface area contributed by atoms with Gasteiger partial charge in [-0.3, -0.25) is 9.59 Å². The van der Waals surface area contributed by atoms with E-state index in [-0.39, 0.29) is 22.9 Å². The molecule has 2 N–H and O–H groups in total. The number of amides is 6. The minimum Gasteiger partial charge on any atom is -0.375 e. The predicted octanol–water partition coefficient (Wildman–Crippen LogP) is 10.3. The Kier molecular flexibility index (Phi) is 14.7. The molecule has 6 amide bonds. The first kappa shape index (κ1) is 46.3. The van der Waals surface area contributed by atoms with Crippen molar-refractivity contribution in [3.8, 4) is 33.8 Å². The van der Waals surface area contributed by atoms with Crippen molar-refractivity contribution in [3.05, 3.63) is 242 Å². The third-order valence-electron chi connectivity index (χ3n) is 10.6. The molecule has 2 unspecified atom stereocenters. The molecule has 0 fully saturated rings. The fourth-order valence-corrected chi connectivity index (χ4v) is 8.78. The molecule has 15 heteroatoms. The maximum atomic E-state index is 15.8. The highest BCUT2D eigenvalue weighted by molar-refractivity contribution is 7.95. The lowest BCUT2D eigenvalue weighted by Crippen LogP contribution is -2.57. The molecule has 0 spiro atoms. The van der Waals surface area contributed by atoms with E-state index in [9.17, 15) is 9.59 Å². The lowest BCUT2D eigenvalue weighted by Gasteiger charge is -2.35. The van der Waals surface area contributed by atoms with Gasteiger partial charge in [0.05, 0.1) is 11.4 Å². The quantitative estimate of drug-likeness (QED) is 0.0489. The number of hydroxylamine groups is 4. The molecule has 8 aromatic carbocycles. The van der Waals surface area contributed by atoms with E-state index in [1.54, 1.807) is 146 Å². The van der Waals surface area contributed by atoms with Crippen LogP contribution >= 0.6 is 0 Å². The molecule has 0 aliphatic rings. The molecule has 0 heterocycles. The van der Waals surface area contributed by atoms with Gasteiger partial charge < -0.3 is 20.3 Å². The molecule has 0 radical (unpaired) electrons. The van der Waals surface area contributed by atoms with Gasteiger partial charge in [-0.25, -0.2) is 9.59 Å². The summed E-state index contributed by atoms with van der Waals surface area (Å²) in [6.45, 7) is 0. The van der Waals surface area contributed by atoms with Crippen molar-refractivity contribution in [2.75, 3.05) is 8.61 Å². The van der Waals surface area contributed by atoms with Crippen molar-refractivity contribution in [2.24, 2.45) is 0 Å². The van der Waals surface area contributed by atoms with Crippen LogP contribution in [0, 0.1) is 0 Å². The molecule has 0 aromatic heterocycles. The number of hydrogen-bond acceptors (Lipinski definition) is 8. The normalized spacial score (nSPS) is 11.7. The van der Waals surface area contributed by atoms with Crippen molar-refractivity contribution in [1.82, 2.24) is 20.8 Å². The number of nitrogens with one attached hydrogen (secondary N) is 2. The van der Waals surface area contributed by atoms with Crippen molar-refractivity contribution in [3.63, 3.8) is 0 Å². The topological polar surface area (TPSA) is 158 Å². The first-order valence-electron chi connectivity index (χ1n) is 21.5. The Morgan fingerprint density at radius 2 is 0.667 bits per heavy atom. The first-order chi connectivity index (χ1) is 33.7. The number of urea groups is 2. The highest BCUT2D eigenvalue weighted by Crippen LogP contribution is 2.32. The maximum Gasteiger partial charge on any atom is 0.342 e. The summed E-state index contributed by atoms with van der Waals surface area (Å²) in [4.78, 5) is 68.0. The summed E-state index contributed by atoms with van der Waals surface area (Å²) < 4.78 is 32.5. The van der Waals surface area contributed by atoms with E-state index in [4.69, 9.17) is 9.68 Å². The lowest BCUT2D eigenvalue weighted by atomic mass is 10.1. The second kappa shape index (κ2) is 21.9. The molecule has 0 saturated carbocycles. The second-order valence-corrected chi connectivity index (χ2v) is 16.8. The summed E-state index contributed by atoms with van der Waals surface area (Å²) in [5.74, 6) is 0.493. The zero-order chi connectivity index (χ0) is 48.0. The molecule has 0 bridgehead atoms. The monoisotopic (exact) mass is 936 g/mol. The molecule has 14 nitrogen and oxygen atoms in total. The van der Waals surface area contributed by atoms with Crippen molar-refractivity contribution >= 4 is 46.5 Å². The van der Waals surface area contributed by atoms with Crippen LogP contribution in [-0.2, 0) is 19.8 Å². The van der Waals surface area contributed by atoms with Gasteiger partial charge in [0, 0.05) is 0 Å². The molecule has 0 aliphatic heterocycles. The third kappa shape index (κ3) is 11.1. The average molecular weight is 937 g/mol. The van der Waals surface area contributed by atoms with Gasteiger partial charge in [-0.05, 0) is 81.9 Å². The van der Waals surface area contributed by atoms with Crippen molar-refractivity contribution in [2.45, 2.75) is 12.3 Å². The Balaban J connectivity index is 1.26. The summed E-state index contributed by atoms with van der Waals surface area (Å²) in [6.07, 6.45) is -2.15. The third-order valence-corrected chi connectivity index (χ3v) is 12.3. The van der Waals surface area contributed by atoms with E-state index in [1.165, 1.54) is 24.3 Å². The molecule has 0 aliphatic carbocycles. The smallest absolute Gasteiger partial charge is 0.342 e. The Bertz CT molecular complexity index is 2850. The summed E-state index contributed by atoms with van der Waals surface area (Å²) in [5, 5.41) is 7.07. The number of para-hydroxylation sites is 2. The number of hydrogen-bond donors (Lipinski definition) is 2. The zero-order valence-electron chi connectivity index (χ0n) is 36.7. The predicted molar refractivity (Wildman–Crippen MR) is 263 cm³/mol. The van der Waals surface area contributed by atoms with Gasteiger partial charge in [-0.1, -0.05) is 182 Å². The standard InChI is InChI=1S/C54H44N6O8S/c61-39-57(67-49-27-15-5-16-28-49)51(45-23-11-3-12-24-45)55-53(63)59(47-35-31-43(32-36-47)41-19-7-1-8-20-41)69(65,66)60(48-37-33-44(34-38-48)42-21-9-2-10-22-42)54(64)56-52(46-25-13-4-14-26-46)58(40-62)68-50-29-17-6-18-30-50/h1-40,51-52H,(H,55,63)(H,56,64). The fraction of sp³-hybridized carbons (Fsp3) is 0.0370. The van der Waals surface area contributed by atoms with Crippen LogP contribution in [0.1, 0.15) is 23.5 Å². The highest BCUT2D eigenvalue weighted by atomic mass is 32.2. The minimum atomic E-state index is -5.41. The van der Waals surface area contributed by atoms with Crippen LogP contribution < -0.4 is 28.9 Å². The average Bonchev–Trinajstić information content (AvgIpc) is 3.40. The van der Waals surface area contributed by atoms with Gasteiger partial charge in [0.1, 0.15) is 0 Å². The molecule has 69 heavy (non-hydrogen) atoms. The zero-order valence-corrected chi connectivity index (χ0v) is 37.5. The molecular weight excluding hydrogens is 893 g/mol. The lowest BCUT2D eigenvalue weighted by molar-refractivity contribution is -0.153. The van der Waals surface area contributed by atoms with Gasteiger partial charge in [0.15, 0.2) is 23.8 Å². The summed E-state index contributed by atoms with van der Waals surface area (Å²) >= 11 is 0. The Morgan fingerprint density at radius 3 is 0.971 bits per heavy atom. The summed E-state index contributed by atoms with van der Waals surface area (Å²) in [5.41, 5.74) is 3.36. The number of rotatable bonds is 18. The summed E-state index contributed by atoms with van der Waals surface area (Å²) in [6, 6.07) is 61.7. The van der Waals surface area contributed by atoms with Crippen LogP contribution in [0.3, 0.4) is 0 Å². The molecule has 8 aromatic rings. The van der Waals surface area contributed by atoms with Gasteiger partial charge in [0.25, 0.3) is 0 Å². The molecular formula is C54H44N6O8S. The van der Waals surface area contributed by atoms with E-state index < -0.39 is 34.6 Å². The van der Waals surface area contributed by atoms with E-state index >= 15 is 18.0 Å². The van der Waals surface area contributed by atoms with Crippen molar-refractivity contribution in [1.29, 1.82) is 0 Å². The van der Waals surface area contributed by atoms with Crippen LogP contribution in [0.25, 0.3) is 22.3 Å². The Labute approximate surface area is 399 Å². The summed E-state index contributed by atoms with van der Waals surface area (Å²) in [7, 11) is -5.41. The number of carbonyl (C=O) groups is 4. The maximum absolute atomic E-state index is 15.8. The minimum absolute atomic E-state index is 0.180. The second-order valence-electron chi connectivity index (χ2n) is 15.1. The number of benzene rings is 8. The SMILES string of the molecule is O=CN(Oc1ccccc1)C(NC(=O)N(c1ccc(-c2ccccc2)cc1)S(=O)(=O)N(C(=O)NC(c1ccccc1)N(C=O)Oc1ccccc1)c1ccc(-c2ccccc2)cc1)c1ccccc1. The molecule has 0 saturated heterocycles. The van der Waals surface area contributed by atoms with E-state index in [1.807, 2.05) is 60.7 Å². The van der Waals surface area contributed by atoms with Gasteiger partial charge in [0.2, 0.25) is 12.8 Å². The van der Waals surface area contributed by atoms with Crippen molar-refractivity contribution < 1.29 is 37.3 Å². The van der Waals surface area contributed by atoms with Crippen LogP contribution in [0.4, 0.5) is 21.0 Å². The first-order valence-corrected chi connectivity index (χ1v) is 22.9. The van der Waals surface area contributed by atoms with Gasteiger partial charge in [-0.2, -0.15) is 27.2 Å². The number of carbonyl (C=O) groups excluding carboxylic acids is 4. The van der Waals surface area contributed by atoms with Gasteiger partial charge >= 0.3 is 22.3 Å². The molecule has 8 rings (SSSR count). The number of anilines is 2. The van der Waals surface area contributed by atoms with Crippen LogP contribution in [0.2, 0.25) is 0 Å². The van der Waals surface area contributed by atoms with E-state index in [0.29, 0.717) is 43.7 Å². The van der Waals surface area contributed by atoms with Crippen LogP contribution in [-0.4, -0.2) is 43.4 Å². The van der Waals surface area contributed by atoms with Crippen LogP contribution in [0.5, 0.6) is 11.5 Å². The van der Waals surface area contributed by atoms with Gasteiger partial charge in [-0.15, -0.1) is 0 Å². The van der Waals surface area contributed by atoms with Crippen LogP contribution in [0.15, 0.2) is 231 Å². The fourth-order valence-electron chi connectivity index (χ4n) is 7.32. The van der Waals surface area contributed by atoms with E-state index in [2.05, 4.69) is 10.6 Å². The molecule has 2 atom stereocenters. The number of nitrogens with zero attached hydrogens (tertiary/aromatic N) is 4. The Hall–Kier alpha value is -9.21. The molecule has 344 valence electrons. The highest BCUT2D eigenvalue weighted by Gasteiger charge is 2.42. The van der Waals surface area contributed by atoms with E-state index in [0.717, 1.165) is 21.3 Å².